The van der Waals surface area contributed by atoms with Crippen LogP contribution in [0.15, 0.2) is 18.3 Å². The fourth-order valence-electron chi connectivity index (χ4n) is 1.25. The summed E-state index contributed by atoms with van der Waals surface area (Å²) in [6.07, 6.45) is 2.75. The van der Waals surface area contributed by atoms with Gasteiger partial charge in [0.05, 0.1) is 6.61 Å². The molecule has 0 bridgehead atoms. The molecule has 0 spiro atoms. The highest BCUT2D eigenvalue weighted by Gasteiger charge is 2.10. The molecule has 0 aliphatic heterocycles. The Kier molecular flexibility index (Phi) is 4.30. The van der Waals surface area contributed by atoms with Crippen LogP contribution in [0.2, 0.25) is 0 Å². The zero-order chi connectivity index (χ0) is 12.2. The van der Waals surface area contributed by atoms with Gasteiger partial charge in [0, 0.05) is 18.3 Å². The number of nitrogens with zero attached hydrogens (tertiary/aromatic N) is 1. The van der Waals surface area contributed by atoms with Crippen LogP contribution in [0.3, 0.4) is 0 Å². The number of pyridine rings is 1. The van der Waals surface area contributed by atoms with E-state index in [1.54, 1.807) is 6.20 Å². The van der Waals surface area contributed by atoms with Crippen molar-refractivity contribution in [3.05, 3.63) is 23.9 Å². The minimum atomic E-state index is 0.0213. The van der Waals surface area contributed by atoms with Gasteiger partial charge in [-0.3, -0.25) is 0 Å². The molecule has 1 rings (SSSR count). The zero-order valence-corrected chi connectivity index (χ0v) is 10.7. The van der Waals surface area contributed by atoms with Gasteiger partial charge in [0.15, 0.2) is 0 Å². The molecule has 0 unspecified atom stereocenters. The molecule has 1 aromatic heterocycles. The molecule has 1 heterocycles. The Morgan fingerprint density at radius 3 is 2.69 bits per heavy atom. The smallest absolute Gasteiger partial charge is 0.213 e. The minimum Gasteiger partial charge on any atom is -0.478 e. The molecule has 0 amide bonds. The van der Waals surface area contributed by atoms with Gasteiger partial charge in [-0.15, -0.1) is 0 Å². The van der Waals surface area contributed by atoms with Crippen LogP contribution >= 0.6 is 0 Å². The van der Waals surface area contributed by atoms with Crippen molar-refractivity contribution >= 4 is 0 Å². The molecular weight excluding hydrogens is 200 g/mol. The van der Waals surface area contributed by atoms with Crippen molar-refractivity contribution in [3.63, 3.8) is 0 Å². The van der Waals surface area contributed by atoms with E-state index in [1.165, 1.54) is 0 Å². The van der Waals surface area contributed by atoms with Gasteiger partial charge in [0.25, 0.3) is 0 Å². The molecule has 1 atom stereocenters. The van der Waals surface area contributed by atoms with Crippen molar-refractivity contribution in [2.24, 2.45) is 11.1 Å². The third-order valence-corrected chi connectivity index (χ3v) is 2.39. The standard InChI is InChI=1S/C13H22N2O/c1-10(14)11-5-7-15-12(9-11)16-8-6-13(2,3)4/h5,7,9-10H,6,8,14H2,1-4H3/t10-/m1/s1. The Labute approximate surface area is 98.0 Å². The Balaban J connectivity index is 2.51. The molecular formula is C13H22N2O. The summed E-state index contributed by atoms with van der Waals surface area (Å²) >= 11 is 0. The predicted octanol–water partition coefficient (Wildman–Crippen LogP) is 2.92. The number of nitrogens with two attached hydrogens (primary N) is 1. The number of rotatable bonds is 4. The van der Waals surface area contributed by atoms with E-state index in [0.717, 1.165) is 12.0 Å². The Hall–Kier alpha value is -1.09. The summed E-state index contributed by atoms with van der Waals surface area (Å²) in [5.41, 5.74) is 7.14. The molecule has 0 fully saturated rings. The van der Waals surface area contributed by atoms with E-state index in [-0.39, 0.29) is 6.04 Å². The third-order valence-electron chi connectivity index (χ3n) is 2.39. The first-order valence-corrected chi connectivity index (χ1v) is 5.73. The lowest BCUT2D eigenvalue weighted by molar-refractivity contribution is 0.236. The molecule has 3 nitrogen and oxygen atoms in total. The topological polar surface area (TPSA) is 48.1 Å². The third kappa shape index (κ3) is 4.62. The lowest BCUT2D eigenvalue weighted by Gasteiger charge is -2.18. The van der Waals surface area contributed by atoms with E-state index in [2.05, 4.69) is 25.8 Å². The van der Waals surface area contributed by atoms with Crippen molar-refractivity contribution in [1.29, 1.82) is 0 Å². The van der Waals surface area contributed by atoms with Crippen molar-refractivity contribution in [3.8, 4) is 5.88 Å². The second-order valence-corrected chi connectivity index (χ2v) is 5.38. The fraction of sp³-hybridized carbons (Fsp3) is 0.615. The van der Waals surface area contributed by atoms with Crippen molar-refractivity contribution in [1.82, 2.24) is 4.98 Å². The fourth-order valence-corrected chi connectivity index (χ4v) is 1.25. The van der Waals surface area contributed by atoms with Gasteiger partial charge in [-0.05, 0) is 30.4 Å². The summed E-state index contributed by atoms with van der Waals surface area (Å²) < 4.78 is 5.61. The van der Waals surface area contributed by atoms with Crippen LogP contribution in [-0.4, -0.2) is 11.6 Å². The highest BCUT2D eigenvalue weighted by Crippen LogP contribution is 2.20. The van der Waals surface area contributed by atoms with E-state index in [9.17, 15) is 0 Å². The zero-order valence-electron chi connectivity index (χ0n) is 10.7. The molecule has 0 saturated heterocycles. The van der Waals surface area contributed by atoms with Crippen molar-refractivity contribution < 1.29 is 4.74 Å². The number of ether oxygens (including phenoxy) is 1. The first-order chi connectivity index (χ1) is 7.38. The summed E-state index contributed by atoms with van der Waals surface area (Å²) in [7, 11) is 0. The number of hydrogen-bond acceptors (Lipinski definition) is 3. The molecule has 90 valence electrons. The molecule has 2 N–H and O–H groups in total. The van der Waals surface area contributed by atoms with Crippen LogP contribution in [0.4, 0.5) is 0 Å². The van der Waals surface area contributed by atoms with E-state index >= 15 is 0 Å². The molecule has 0 aliphatic carbocycles. The summed E-state index contributed by atoms with van der Waals surface area (Å²) in [6.45, 7) is 9.24. The van der Waals surface area contributed by atoms with Crippen LogP contribution in [0.1, 0.15) is 45.7 Å². The predicted molar refractivity (Wildman–Crippen MR) is 66.4 cm³/mol. The minimum absolute atomic E-state index is 0.0213. The highest BCUT2D eigenvalue weighted by molar-refractivity contribution is 5.22. The summed E-state index contributed by atoms with van der Waals surface area (Å²) in [4.78, 5) is 4.16. The van der Waals surface area contributed by atoms with Gasteiger partial charge in [0.1, 0.15) is 0 Å². The first-order valence-electron chi connectivity index (χ1n) is 5.73. The van der Waals surface area contributed by atoms with Crippen LogP contribution in [0, 0.1) is 5.41 Å². The summed E-state index contributed by atoms with van der Waals surface area (Å²) in [6, 6.07) is 3.85. The number of hydrogen-bond donors (Lipinski definition) is 1. The van der Waals surface area contributed by atoms with Crippen LogP contribution in [0.5, 0.6) is 5.88 Å². The normalized spacial score (nSPS) is 13.6. The monoisotopic (exact) mass is 222 g/mol. The van der Waals surface area contributed by atoms with Crippen LogP contribution in [-0.2, 0) is 0 Å². The van der Waals surface area contributed by atoms with Gasteiger partial charge in [-0.2, -0.15) is 0 Å². The number of aromatic nitrogens is 1. The second-order valence-electron chi connectivity index (χ2n) is 5.38. The SMILES string of the molecule is C[C@@H](N)c1ccnc(OCCC(C)(C)C)c1. The molecule has 3 heteroatoms. The Morgan fingerprint density at radius 2 is 2.12 bits per heavy atom. The Morgan fingerprint density at radius 1 is 1.44 bits per heavy atom. The van der Waals surface area contributed by atoms with Gasteiger partial charge < -0.3 is 10.5 Å². The second kappa shape index (κ2) is 5.30. The van der Waals surface area contributed by atoms with Gasteiger partial charge >= 0.3 is 0 Å². The maximum atomic E-state index is 5.80. The maximum absolute atomic E-state index is 5.80. The highest BCUT2D eigenvalue weighted by atomic mass is 16.5. The lowest BCUT2D eigenvalue weighted by Crippen LogP contribution is -2.12. The van der Waals surface area contributed by atoms with Gasteiger partial charge in [-0.1, -0.05) is 20.8 Å². The maximum Gasteiger partial charge on any atom is 0.213 e. The van der Waals surface area contributed by atoms with Crippen molar-refractivity contribution in [2.45, 2.75) is 40.2 Å². The average molecular weight is 222 g/mol. The Bertz CT molecular complexity index is 329. The van der Waals surface area contributed by atoms with E-state index in [0.29, 0.717) is 17.9 Å². The van der Waals surface area contributed by atoms with Gasteiger partial charge in [0.2, 0.25) is 5.88 Å². The van der Waals surface area contributed by atoms with Gasteiger partial charge in [-0.25, -0.2) is 4.98 Å². The van der Waals surface area contributed by atoms with Crippen LogP contribution in [0.25, 0.3) is 0 Å². The summed E-state index contributed by atoms with van der Waals surface area (Å²) in [5.74, 6) is 0.666. The average Bonchev–Trinajstić information content (AvgIpc) is 2.16. The molecule has 1 aromatic rings. The molecule has 0 aliphatic rings. The molecule has 16 heavy (non-hydrogen) atoms. The van der Waals surface area contributed by atoms with E-state index < -0.39 is 0 Å². The largest absolute Gasteiger partial charge is 0.478 e. The molecule has 0 aromatic carbocycles. The van der Waals surface area contributed by atoms with E-state index in [1.807, 2.05) is 19.1 Å². The van der Waals surface area contributed by atoms with Crippen molar-refractivity contribution in [2.75, 3.05) is 6.61 Å². The first kappa shape index (κ1) is 13.0. The lowest BCUT2D eigenvalue weighted by atomic mass is 9.93. The molecule has 0 radical (unpaired) electrons. The summed E-state index contributed by atoms with van der Waals surface area (Å²) in [5, 5.41) is 0. The molecule has 0 saturated carbocycles. The van der Waals surface area contributed by atoms with E-state index in [4.69, 9.17) is 10.5 Å². The van der Waals surface area contributed by atoms with Crippen LogP contribution < -0.4 is 10.5 Å². The quantitative estimate of drug-likeness (QED) is 0.852.